The van der Waals surface area contributed by atoms with Crippen molar-refractivity contribution in [2.45, 2.75) is 6.04 Å². The van der Waals surface area contributed by atoms with Gasteiger partial charge in [-0.2, -0.15) is 0 Å². The number of dihydropyridines is 1. The van der Waals surface area contributed by atoms with Crippen LogP contribution in [0.15, 0.2) is 17.1 Å². The normalized spacial score (nSPS) is 35.8. The molecule has 0 aromatic rings. The van der Waals surface area contributed by atoms with Crippen molar-refractivity contribution in [3.05, 3.63) is 12.2 Å². The van der Waals surface area contributed by atoms with E-state index in [1.165, 1.54) is 0 Å². The van der Waals surface area contributed by atoms with E-state index in [2.05, 4.69) is 4.99 Å². The van der Waals surface area contributed by atoms with E-state index in [0.29, 0.717) is 6.61 Å². The summed E-state index contributed by atoms with van der Waals surface area (Å²) in [6.45, 7) is 0.449. The molecule has 0 aromatic carbocycles. The first-order chi connectivity index (χ1) is 4.88. The van der Waals surface area contributed by atoms with E-state index in [1.54, 1.807) is 12.3 Å². The van der Waals surface area contributed by atoms with Gasteiger partial charge in [-0.15, -0.1) is 0 Å². The molecule has 0 spiro atoms. The number of ether oxygens (including phenoxy) is 1. The highest BCUT2D eigenvalue weighted by molar-refractivity contribution is 5.82. The van der Waals surface area contributed by atoms with Crippen molar-refractivity contribution in [2.75, 3.05) is 6.61 Å². The minimum Gasteiger partial charge on any atom is -0.463 e. The zero-order chi connectivity index (χ0) is 6.97. The molecule has 2 heterocycles. The molecule has 0 saturated carbocycles. The summed E-state index contributed by atoms with van der Waals surface area (Å²) < 4.78 is 4.80. The summed E-state index contributed by atoms with van der Waals surface area (Å²) in [5.41, 5.74) is 0. The summed E-state index contributed by atoms with van der Waals surface area (Å²) in [6, 6.07) is 0.0532. The van der Waals surface area contributed by atoms with Crippen LogP contribution in [0, 0.1) is 5.92 Å². The van der Waals surface area contributed by atoms with Gasteiger partial charge in [-0.05, 0) is 6.08 Å². The molecule has 52 valence electrons. The van der Waals surface area contributed by atoms with Crippen molar-refractivity contribution in [3.8, 4) is 0 Å². The Hall–Kier alpha value is -1.12. The Balaban J connectivity index is 2.27. The number of nitrogens with zero attached hydrogens (tertiary/aromatic N) is 1. The molecule has 2 unspecified atom stereocenters. The van der Waals surface area contributed by atoms with Crippen molar-refractivity contribution in [3.63, 3.8) is 0 Å². The Morgan fingerprint density at radius 2 is 2.60 bits per heavy atom. The second-order valence-corrected chi connectivity index (χ2v) is 2.41. The zero-order valence-corrected chi connectivity index (χ0v) is 5.36. The zero-order valence-electron chi connectivity index (χ0n) is 5.36. The van der Waals surface area contributed by atoms with Gasteiger partial charge < -0.3 is 4.74 Å². The molecule has 2 aliphatic heterocycles. The Morgan fingerprint density at radius 3 is 3.40 bits per heavy atom. The topological polar surface area (TPSA) is 38.7 Å². The van der Waals surface area contributed by atoms with E-state index < -0.39 is 0 Å². The standard InChI is InChI=1S/C7H7NO2/c9-7-5-2-1-3-8-6(5)4-10-7/h1-3,5-6H,4H2. The molecule has 0 radical (unpaired) electrons. The van der Waals surface area contributed by atoms with Gasteiger partial charge >= 0.3 is 5.97 Å². The fourth-order valence-corrected chi connectivity index (χ4v) is 1.20. The van der Waals surface area contributed by atoms with E-state index in [9.17, 15) is 4.79 Å². The maximum absolute atomic E-state index is 10.9. The number of cyclic esters (lactones) is 1. The lowest BCUT2D eigenvalue weighted by atomic mass is 10.0. The van der Waals surface area contributed by atoms with E-state index in [4.69, 9.17) is 4.74 Å². The number of esters is 1. The van der Waals surface area contributed by atoms with Gasteiger partial charge in [-0.1, -0.05) is 6.08 Å². The monoisotopic (exact) mass is 137 g/mol. The molecule has 0 aliphatic carbocycles. The van der Waals surface area contributed by atoms with Crippen molar-refractivity contribution < 1.29 is 9.53 Å². The highest BCUT2D eigenvalue weighted by Gasteiger charge is 2.35. The Kier molecular flexibility index (Phi) is 1.09. The third kappa shape index (κ3) is 0.667. The van der Waals surface area contributed by atoms with Gasteiger partial charge in [-0.25, -0.2) is 0 Å². The predicted molar refractivity (Wildman–Crippen MR) is 35.9 cm³/mol. The molecule has 2 rings (SSSR count). The molecular formula is C7H7NO2. The van der Waals surface area contributed by atoms with Gasteiger partial charge in [0.05, 0.1) is 0 Å². The van der Waals surface area contributed by atoms with Gasteiger partial charge in [0, 0.05) is 6.21 Å². The molecule has 1 saturated heterocycles. The molecule has 0 N–H and O–H groups in total. The second-order valence-electron chi connectivity index (χ2n) is 2.41. The number of aliphatic imine (C=N–C) groups is 1. The van der Waals surface area contributed by atoms with Crippen LogP contribution in [0.1, 0.15) is 0 Å². The van der Waals surface area contributed by atoms with Crippen LogP contribution >= 0.6 is 0 Å². The number of carbonyl (C=O) groups excluding carboxylic acids is 1. The average molecular weight is 137 g/mol. The summed E-state index contributed by atoms with van der Waals surface area (Å²) in [6.07, 6.45) is 5.34. The lowest BCUT2D eigenvalue weighted by Gasteiger charge is -2.07. The summed E-state index contributed by atoms with van der Waals surface area (Å²) >= 11 is 0. The maximum Gasteiger partial charge on any atom is 0.315 e. The first-order valence-corrected chi connectivity index (χ1v) is 3.24. The predicted octanol–water partition coefficient (Wildman–Crippen LogP) is 0.169. The Labute approximate surface area is 58.4 Å². The molecule has 2 aliphatic rings. The summed E-state index contributed by atoms with van der Waals surface area (Å²) in [5.74, 6) is -0.247. The molecule has 1 fully saturated rings. The van der Waals surface area contributed by atoms with Crippen molar-refractivity contribution in [1.29, 1.82) is 0 Å². The van der Waals surface area contributed by atoms with Crippen LogP contribution in [0.4, 0.5) is 0 Å². The quantitative estimate of drug-likeness (QED) is 0.446. The third-order valence-electron chi connectivity index (χ3n) is 1.77. The van der Waals surface area contributed by atoms with E-state index >= 15 is 0 Å². The number of hydrogen-bond donors (Lipinski definition) is 0. The maximum atomic E-state index is 10.9. The lowest BCUT2D eigenvalue weighted by Crippen LogP contribution is -2.18. The molecule has 2 atom stereocenters. The summed E-state index contributed by atoms with van der Waals surface area (Å²) in [7, 11) is 0. The molecule has 0 bridgehead atoms. The van der Waals surface area contributed by atoms with Gasteiger partial charge in [0.25, 0.3) is 0 Å². The molecule has 3 nitrogen and oxygen atoms in total. The number of fused-ring (bicyclic) bond motifs is 1. The number of rotatable bonds is 0. The van der Waals surface area contributed by atoms with Crippen LogP contribution in [0.5, 0.6) is 0 Å². The van der Waals surface area contributed by atoms with Crippen LogP contribution in [0.3, 0.4) is 0 Å². The Morgan fingerprint density at radius 1 is 1.70 bits per heavy atom. The van der Waals surface area contributed by atoms with Gasteiger partial charge in [-0.3, -0.25) is 9.79 Å². The van der Waals surface area contributed by atoms with E-state index in [0.717, 1.165) is 0 Å². The van der Waals surface area contributed by atoms with Crippen LogP contribution < -0.4 is 0 Å². The molecule has 10 heavy (non-hydrogen) atoms. The first-order valence-electron chi connectivity index (χ1n) is 3.24. The minimum atomic E-state index is -0.141. The van der Waals surface area contributed by atoms with Crippen molar-refractivity contribution in [1.82, 2.24) is 0 Å². The fourth-order valence-electron chi connectivity index (χ4n) is 1.20. The highest BCUT2D eigenvalue weighted by Crippen LogP contribution is 2.21. The van der Waals surface area contributed by atoms with Crippen molar-refractivity contribution in [2.24, 2.45) is 10.9 Å². The minimum absolute atomic E-state index is 0.0532. The van der Waals surface area contributed by atoms with Crippen LogP contribution in [-0.4, -0.2) is 24.8 Å². The number of hydrogen-bond acceptors (Lipinski definition) is 3. The van der Waals surface area contributed by atoms with E-state index in [-0.39, 0.29) is 17.9 Å². The van der Waals surface area contributed by atoms with E-state index in [1.807, 2.05) is 6.08 Å². The van der Waals surface area contributed by atoms with Gasteiger partial charge in [0.15, 0.2) is 0 Å². The van der Waals surface area contributed by atoms with Crippen LogP contribution in [-0.2, 0) is 9.53 Å². The third-order valence-corrected chi connectivity index (χ3v) is 1.77. The van der Waals surface area contributed by atoms with Crippen LogP contribution in [0.2, 0.25) is 0 Å². The lowest BCUT2D eigenvalue weighted by molar-refractivity contribution is -0.140. The Bertz CT molecular complexity index is 220. The number of allylic oxidation sites excluding steroid dienone is 1. The number of carbonyl (C=O) groups is 1. The van der Waals surface area contributed by atoms with Crippen LogP contribution in [0.25, 0.3) is 0 Å². The molecular weight excluding hydrogens is 130 g/mol. The summed E-state index contributed by atoms with van der Waals surface area (Å²) in [5, 5.41) is 0. The SMILES string of the molecule is O=C1OCC2N=CC=CC12. The average Bonchev–Trinajstić information content (AvgIpc) is 2.34. The molecule has 0 amide bonds. The highest BCUT2D eigenvalue weighted by atomic mass is 16.5. The fraction of sp³-hybridized carbons (Fsp3) is 0.429. The largest absolute Gasteiger partial charge is 0.463 e. The summed E-state index contributed by atoms with van der Waals surface area (Å²) in [4.78, 5) is 14.9. The second kappa shape index (κ2) is 1.94. The van der Waals surface area contributed by atoms with Gasteiger partial charge in [0.2, 0.25) is 0 Å². The smallest absolute Gasteiger partial charge is 0.315 e. The molecule has 0 aromatic heterocycles. The first kappa shape index (κ1) is 5.65. The molecule has 3 heteroatoms. The van der Waals surface area contributed by atoms with Crippen molar-refractivity contribution >= 4 is 12.2 Å². The van der Waals surface area contributed by atoms with Gasteiger partial charge in [0.1, 0.15) is 18.6 Å².